The first kappa shape index (κ1) is 15.3. The van der Waals surface area contributed by atoms with Crippen LogP contribution in [-0.4, -0.2) is 12.0 Å². The van der Waals surface area contributed by atoms with Gasteiger partial charge in [-0.3, -0.25) is 4.79 Å². The standard InChI is InChI=1S/C16H24OS/c1-3-4-5-6-7-8-9-16(17)14-10-12-15(18-2)13-11-14/h10-13H,3-9H2,1-2H3. The maximum absolute atomic E-state index is 11.9. The summed E-state index contributed by atoms with van der Waals surface area (Å²) < 4.78 is 0. The lowest BCUT2D eigenvalue weighted by molar-refractivity contribution is 0.0979. The van der Waals surface area contributed by atoms with E-state index in [0.717, 1.165) is 12.0 Å². The van der Waals surface area contributed by atoms with E-state index < -0.39 is 0 Å². The molecule has 0 bridgehead atoms. The van der Waals surface area contributed by atoms with E-state index in [1.165, 1.54) is 37.0 Å². The predicted octanol–water partition coefficient (Wildman–Crippen LogP) is 5.34. The van der Waals surface area contributed by atoms with Gasteiger partial charge in [-0.2, -0.15) is 0 Å². The maximum Gasteiger partial charge on any atom is 0.162 e. The van der Waals surface area contributed by atoms with Crippen LogP contribution in [0.2, 0.25) is 0 Å². The highest BCUT2D eigenvalue weighted by atomic mass is 32.2. The van der Waals surface area contributed by atoms with Gasteiger partial charge in [-0.25, -0.2) is 0 Å². The fraction of sp³-hybridized carbons (Fsp3) is 0.562. The second kappa shape index (κ2) is 9.21. The molecular formula is C16H24OS. The van der Waals surface area contributed by atoms with Crippen molar-refractivity contribution in [3.63, 3.8) is 0 Å². The molecule has 0 unspecified atom stereocenters. The number of unbranched alkanes of at least 4 members (excludes halogenated alkanes) is 5. The Morgan fingerprint density at radius 2 is 1.61 bits per heavy atom. The van der Waals surface area contributed by atoms with Crippen molar-refractivity contribution in [1.82, 2.24) is 0 Å². The van der Waals surface area contributed by atoms with E-state index in [1.807, 2.05) is 30.5 Å². The first-order valence-corrected chi connectivity index (χ1v) is 8.17. The number of carbonyl (C=O) groups excluding carboxylic acids is 1. The molecule has 0 aliphatic heterocycles. The van der Waals surface area contributed by atoms with E-state index in [4.69, 9.17) is 0 Å². The lowest BCUT2D eigenvalue weighted by Gasteiger charge is -2.03. The van der Waals surface area contributed by atoms with E-state index in [-0.39, 0.29) is 5.78 Å². The van der Waals surface area contributed by atoms with Crippen molar-refractivity contribution in [3.05, 3.63) is 29.8 Å². The molecule has 2 heteroatoms. The predicted molar refractivity (Wildman–Crippen MR) is 80.5 cm³/mol. The molecule has 1 aromatic carbocycles. The van der Waals surface area contributed by atoms with Crippen molar-refractivity contribution in [2.24, 2.45) is 0 Å². The second-order valence-electron chi connectivity index (χ2n) is 4.67. The van der Waals surface area contributed by atoms with E-state index in [2.05, 4.69) is 6.92 Å². The van der Waals surface area contributed by atoms with Crippen LogP contribution in [0.1, 0.15) is 62.2 Å². The lowest BCUT2D eigenvalue weighted by Crippen LogP contribution is -1.98. The summed E-state index contributed by atoms with van der Waals surface area (Å²) in [5.41, 5.74) is 0.862. The Hall–Kier alpha value is -0.760. The first-order chi connectivity index (χ1) is 8.77. The molecule has 0 aromatic heterocycles. The third-order valence-corrected chi connectivity index (χ3v) is 3.91. The number of carbonyl (C=O) groups is 1. The van der Waals surface area contributed by atoms with Crippen molar-refractivity contribution in [3.8, 4) is 0 Å². The largest absolute Gasteiger partial charge is 0.294 e. The Bertz CT molecular complexity index is 343. The lowest BCUT2D eigenvalue weighted by atomic mass is 10.0. The number of thioether (sulfide) groups is 1. The number of Topliss-reactive ketones (excluding diaryl/α,β-unsaturated/α-hetero) is 1. The molecule has 1 rings (SSSR count). The van der Waals surface area contributed by atoms with Crippen LogP contribution >= 0.6 is 11.8 Å². The number of benzene rings is 1. The normalized spacial score (nSPS) is 10.6. The highest BCUT2D eigenvalue weighted by Crippen LogP contribution is 2.16. The average Bonchev–Trinajstić information content (AvgIpc) is 2.42. The molecule has 0 radical (unpaired) electrons. The number of hydrogen-bond acceptors (Lipinski definition) is 2. The van der Waals surface area contributed by atoms with Crippen LogP contribution in [0.3, 0.4) is 0 Å². The minimum absolute atomic E-state index is 0.290. The summed E-state index contributed by atoms with van der Waals surface area (Å²) in [6.45, 7) is 2.22. The molecule has 0 saturated carbocycles. The molecule has 100 valence electrons. The molecule has 0 atom stereocenters. The van der Waals surface area contributed by atoms with Gasteiger partial charge in [0.1, 0.15) is 0 Å². The summed E-state index contributed by atoms with van der Waals surface area (Å²) in [5, 5.41) is 0. The quantitative estimate of drug-likeness (QED) is 0.340. The minimum Gasteiger partial charge on any atom is -0.294 e. The molecule has 0 aliphatic rings. The molecule has 1 aromatic rings. The van der Waals surface area contributed by atoms with Gasteiger partial charge in [0.05, 0.1) is 0 Å². The van der Waals surface area contributed by atoms with Crippen molar-refractivity contribution >= 4 is 17.5 Å². The van der Waals surface area contributed by atoms with E-state index in [9.17, 15) is 4.79 Å². The van der Waals surface area contributed by atoms with Crippen LogP contribution in [0.5, 0.6) is 0 Å². The molecule has 0 fully saturated rings. The molecule has 0 amide bonds. The van der Waals surface area contributed by atoms with Crippen LogP contribution in [-0.2, 0) is 0 Å². The van der Waals surface area contributed by atoms with Gasteiger partial charge in [0.15, 0.2) is 5.78 Å². The van der Waals surface area contributed by atoms with Crippen LogP contribution < -0.4 is 0 Å². The van der Waals surface area contributed by atoms with Gasteiger partial charge >= 0.3 is 0 Å². The van der Waals surface area contributed by atoms with Crippen molar-refractivity contribution in [2.75, 3.05) is 6.26 Å². The maximum atomic E-state index is 11.9. The zero-order valence-electron chi connectivity index (χ0n) is 11.6. The van der Waals surface area contributed by atoms with Crippen LogP contribution in [0, 0.1) is 0 Å². The fourth-order valence-electron chi connectivity index (χ4n) is 1.99. The van der Waals surface area contributed by atoms with Crippen LogP contribution in [0.4, 0.5) is 0 Å². The zero-order valence-corrected chi connectivity index (χ0v) is 12.4. The molecule has 0 N–H and O–H groups in total. The van der Waals surface area contributed by atoms with Crippen molar-refractivity contribution in [1.29, 1.82) is 0 Å². The summed E-state index contributed by atoms with van der Waals surface area (Å²) >= 11 is 1.71. The Labute approximate surface area is 115 Å². The highest BCUT2D eigenvalue weighted by molar-refractivity contribution is 7.98. The summed E-state index contributed by atoms with van der Waals surface area (Å²) in [4.78, 5) is 13.1. The average molecular weight is 264 g/mol. The second-order valence-corrected chi connectivity index (χ2v) is 5.55. The van der Waals surface area contributed by atoms with Crippen molar-refractivity contribution < 1.29 is 4.79 Å². The Morgan fingerprint density at radius 3 is 2.22 bits per heavy atom. The Kier molecular flexibility index (Phi) is 7.83. The summed E-state index contributed by atoms with van der Waals surface area (Å²) in [5.74, 6) is 0.290. The number of ketones is 1. The summed E-state index contributed by atoms with van der Waals surface area (Å²) in [6, 6.07) is 7.95. The molecular weight excluding hydrogens is 240 g/mol. The van der Waals surface area contributed by atoms with Gasteiger partial charge < -0.3 is 0 Å². The highest BCUT2D eigenvalue weighted by Gasteiger charge is 2.05. The third-order valence-electron chi connectivity index (χ3n) is 3.17. The van der Waals surface area contributed by atoms with Gasteiger partial charge in [0, 0.05) is 16.9 Å². The number of hydrogen-bond donors (Lipinski definition) is 0. The van der Waals surface area contributed by atoms with Crippen LogP contribution in [0.25, 0.3) is 0 Å². The number of rotatable bonds is 9. The molecule has 0 spiro atoms. The summed E-state index contributed by atoms with van der Waals surface area (Å²) in [6.07, 6.45) is 10.2. The van der Waals surface area contributed by atoms with Gasteiger partial charge in [0.25, 0.3) is 0 Å². The Balaban J connectivity index is 2.23. The van der Waals surface area contributed by atoms with E-state index in [0.29, 0.717) is 6.42 Å². The molecule has 18 heavy (non-hydrogen) atoms. The van der Waals surface area contributed by atoms with Crippen LogP contribution in [0.15, 0.2) is 29.2 Å². The molecule has 0 aliphatic carbocycles. The first-order valence-electron chi connectivity index (χ1n) is 6.95. The third kappa shape index (κ3) is 5.72. The molecule has 0 saturated heterocycles. The fourth-order valence-corrected chi connectivity index (χ4v) is 2.40. The van der Waals surface area contributed by atoms with E-state index in [1.54, 1.807) is 11.8 Å². The SMILES string of the molecule is CCCCCCCCC(=O)c1ccc(SC)cc1. The van der Waals surface area contributed by atoms with Gasteiger partial charge in [-0.05, 0) is 24.8 Å². The van der Waals surface area contributed by atoms with Gasteiger partial charge in [-0.15, -0.1) is 11.8 Å². The van der Waals surface area contributed by atoms with Gasteiger partial charge in [0.2, 0.25) is 0 Å². The Morgan fingerprint density at radius 1 is 1.00 bits per heavy atom. The minimum atomic E-state index is 0.290. The van der Waals surface area contributed by atoms with Gasteiger partial charge in [-0.1, -0.05) is 51.2 Å². The zero-order chi connectivity index (χ0) is 13.2. The monoisotopic (exact) mass is 264 g/mol. The smallest absolute Gasteiger partial charge is 0.162 e. The topological polar surface area (TPSA) is 17.1 Å². The van der Waals surface area contributed by atoms with Crippen molar-refractivity contribution in [2.45, 2.75) is 56.8 Å². The van der Waals surface area contributed by atoms with E-state index >= 15 is 0 Å². The molecule has 1 nitrogen and oxygen atoms in total. The molecule has 0 heterocycles. The summed E-state index contributed by atoms with van der Waals surface area (Å²) in [7, 11) is 0.